The predicted octanol–water partition coefficient (Wildman–Crippen LogP) is 2.82. The molecule has 1 aromatic heterocycles. The van der Waals surface area contributed by atoms with Gasteiger partial charge in [0, 0.05) is 30.2 Å². The molecule has 22 heavy (non-hydrogen) atoms. The molecular formula is C17H24N2O2S. The number of fused-ring (bicyclic) bond motifs is 1. The van der Waals surface area contributed by atoms with Crippen LogP contribution in [0.2, 0.25) is 0 Å². The summed E-state index contributed by atoms with van der Waals surface area (Å²) < 4.78 is 28.0. The van der Waals surface area contributed by atoms with Gasteiger partial charge in [-0.25, -0.2) is 8.42 Å². The number of para-hydroxylation sites is 1. The van der Waals surface area contributed by atoms with E-state index < -0.39 is 9.84 Å². The highest BCUT2D eigenvalue weighted by Crippen LogP contribution is 2.31. The topological polar surface area (TPSA) is 42.3 Å². The Balaban J connectivity index is 1.93. The Hall–Kier alpha value is -1.33. The van der Waals surface area contributed by atoms with Crippen molar-refractivity contribution in [3.63, 3.8) is 0 Å². The second-order valence-corrected chi connectivity index (χ2v) is 8.69. The van der Waals surface area contributed by atoms with E-state index in [1.54, 1.807) is 6.20 Å². The van der Waals surface area contributed by atoms with Crippen LogP contribution in [0.1, 0.15) is 26.7 Å². The Kier molecular flexibility index (Phi) is 4.03. The minimum atomic E-state index is -3.26. The summed E-state index contributed by atoms with van der Waals surface area (Å²) in [6.07, 6.45) is 3.22. The van der Waals surface area contributed by atoms with Gasteiger partial charge in [-0.2, -0.15) is 0 Å². The van der Waals surface area contributed by atoms with Gasteiger partial charge in [0.1, 0.15) is 0 Å². The number of aromatic nitrogens is 1. The number of likely N-dealkylation sites (tertiary alicyclic amines) is 1. The maximum absolute atomic E-state index is 13.1. The molecule has 0 aliphatic carbocycles. The molecule has 3 rings (SSSR count). The zero-order chi connectivity index (χ0) is 15.9. The van der Waals surface area contributed by atoms with E-state index in [1.165, 1.54) is 0 Å². The van der Waals surface area contributed by atoms with E-state index in [9.17, 15) is 8.42 Å². The third-order valence-corrected chi connectivity index (χ3v) is 7.10. The molecule has 1 aliphatic heterocycles. The summed E-state index contributed by atoms with van der Waals surface area (Å²) in [4.78, 5) is 2.85. The van der Waals surface area contributed by atoms with Gasteiger partial charge in [0.15, 0.2) is 9.84 Å². The van der Waals surface area contributed by atoms with Crippen molar-refractivity contribution in [3.8, 4) is 0 Å². The molecule has 2 aromatic rings. The van der Waals surface area contributed by atoms with Crippen LogP contribution < -0.4 is 0 Å². The normalized spacial score (nSPS) is 18.4. The van der Waals surface area contributed by atoms with Gasteiger partial charge in [0.05, 0.1) is 10.1 Å². The second-order valence-electron chi connectivity index (χ2n) is 6.50. The zero-order valence-corrected chi connectivity index (χ0v) is 14.3. The summed E-state index contributed by atoms with van der Waals surface area (Å²) in [6.45, 7) is 6.07. The molecule has 1 fully saturated rings. The minimum absolute atomic E-state index is 0.256. The number of piperidine rings is 1. The summed E-state index contributed by atoms with van der Waals surface area (Å²) in [7, 11) is -1.36. The van der Waals surface area contributed by atoms with Crippen LogP contribution in [-0.2, 0) is 16.9 Å². The van der Waals surface area contributed by atoms with Crippen molar-refractivity contribution < 1.29 is 8.42 Å². The van der Waals surface area contributed by atoms with E-state index in [1.807, 2.05) is 35.9 Å². The summed E-state index contributed by atoms with van der Waals surface area (Å²) in [5.74, 6) is 0. The Morgan fingerprint density at radius 3 is 2.41 bits per heavy atom. The molecule has 0 radical (unpaired) electrons. The smallest absolute Gasteiger partial charge is 0.183 e. The maximum atomic E-state index is 13.1. The first kappa shape index (κ1) is 15.6. The third kappa shape index (κ3) is 2.57. The van der Waals surface area contributed by atoms with Gasteiger partial charge >= 0.3 is 0 Å². The Morgan fingerprint density at radius 1 is 1.14 bits per heavy atom. The second kappa shape index (κ2) is 5.70. The molecular weight excluding hydrogens is 296 g/mol. The fraction of sp³-hybridized carbons (Fsp3) is 0.529. The van der Waals surface area contributed by atoms with Crippen LogP contribution in [0.4, 0.5) is 0 Å². The summed E-state index contributed by atoms with van der Waals surface area (Å²) >= 11 is 0. The molecule has 0 N–H and O–H groups in total. The number of rotatable bonds is 3. The summed E-state index contributed by atoms with van der Waals surface area (Å²) in [5.41, 5.74) is 0.973. The predicted molar refractivity (Wildman–Crippen MR) is 89.8 cm³/mol. The minimum Gasteiger partial charge on any atom is -0.349 e. The Morgan fingerprint density at radius 2 is 1.77 bits per heavy atom. The van der Waals surface area contributed by atoms with Gasteiger partial charge in [0.25, 0.3) is 0 Å². The van der Waals surface area contributed by atoms with E-state index in [-0.39, 0.29) is 5.25 Å². The molecule has 5 heteroatoms. The molecule has 1 saturated heterocycles. The Bertz CT molecular complexity index is 769. The van der Waals surface area contributed by atoms with Gasteiger partial charge in [0.2, 0.25) is 0 Å². The third-order valence-electron chi connectivity index (χ3n) is 4.81. The lowest BCUT2D eigenvalue weighted by Gasteiger charge is -2.34. The van der Waals surface area contributed by atoms with Gasteiger partial charge in [-0.3, -0.25) is 0 Å². The molecule has 1 aromatic carbocycles. The van der Waals surface area contributed by atoms with Crippen LogP contribution in [0, 0.1) is 0 Å². The molecule has 0 amide bonds. The number of hydrogen-bond acceptors (Lipinski definition) is 3. The molecule has 120 valence electrons. The van der Waals surface area contributed by atoms with E-state index >= 15 is 0 Å². The fourth-order valence-electron chi connectivity index (χ4n) is 3.41. The van der Waals surface area contributed by atoms with E-state index in [0.717, 1.165) is 36.8 Å². The summed E-state index contributed by atoms with van der Waals surface area (Å²) in [6, 6.07) is 8.21. The monoisotopic (exact) mass is 320 g/mol. The lowest BCUT2D eigenvalue weighted by molar-refractivity contribution is 0.186. The largest absolute Gasteiger partial charge is 0.349 e. The molecule has 4 nitrogen and oxygen atoms in total. The first-order valence-corrected chi connectivity index (χ1v) is 9.48. The SMILES string of the molecule is CC(C)N1CCC(S(=O)(=O)c2cn(C)c3ccccc23)CC1. The number of sulfone groups is 1. The highest BCUT2D eigenvalue weighted by atomic mass is 32.2. The van der Waals surface area contributed by atoms with Gasteiger partial charge in [-0.15, -0.1) is 0 Å². The number of aryl methyl sites for hydroxylation is 1. The van der Waals surface area contributed by atoms with Crippen molar-refractivity contribution in [3.05, 3.63) is 30.5 Å². The Labute approximate surface area is 132 Å². The van der Waals surface area contributed by atoms with Crippen molar-refractivity contribution in [2.45, 2.75) is 42.9 Å². The standard InChI is InChI=1S/C17H24N2O2S/c1-13(2)19-10-8-14(9-11-19)22(20,21)17-12-18(3)16-7-5-4-6-15(16)17/h4-7,12-14H,8-11H2,1-3H3. The van der Waals surface area contributed by atoms with Gasteiger partial charge in [-0.1, -0.05) is 18.2 Å². The molecule has 0 saturated carbocycles. The number of nitrogens with zero attached hydrogens (tertiary/aromatic N) is 2. The van der Waals surface area contributed by atoms with Crippen LogP contribution in [0.3, 0.4) is 0 Å². The van der Waals surface area contributed by atoms with E-state index in [4.69, 9.17) is 0 Å². The van der Waals surface area contributed by atoms with Crippen molar-refractivity contribution >= 4 is 20.7 Å². The molecule has 1 aliphatic rings. The lowest BCUT2D eigenvalue weighted by atomic mass is 10.1. The average molecular weight is 320 g/mol. The molecule has 0 spiro atoms. The molecule has 0 unspecified atom stereocenters. The van der Waals surface area contributed by atoms with Crippen molar-refractivity contribution in [1.82, 2.24) is 9.47 Å². The van der Waals surface area contributed by atoms with E-state index in [2.05, 4.69) is 18.7 Å². The van der Waals surface area contributed by atoms with Gasteiger partial charge in [-0.05, 0) is 45.8 Å². The molecule has 0 atom stereocenters. The lowest BCUT2D eigenvalue weighted by Crippen LogP contribution is -2.42. The maximum Gasteiger partial charge on any atom is 0.183 e. The average Bonchev–Trinajstić information content (AvgIpc) is 2.86. The summed E-state index contributed by atoms with van der Waals surface area (Å²) in [5, 5.41) is 0.588. The number of benzene rings is 1. The first-order chi connectivity index (χ1) is 10.4. The number of hydrogen-bond donors (Lipinski definition) is 0. The highest BCUT2D eigenvalue weighted by Gasteiger charge is 2.33. The van der Waals surface area contributed by atoms with Crippen LogP contribution in [-0.4, -0.2) is 42.3 Å². The van der Waals surface area contributed by atoms with Crippen molar-refractivity contribution in [2.24, 2.45) is 7.05 Å². The van der Waals surface area contributed by atoms with Crippen molar-refractivity contribution in [2.75, 3.05) is 13.1 Å². The van der Waals surface area contributed by atoms with E-state index in [0.29, 0.717) is 10.9 Å². The van der Waals surface area contributed by atoms with Crippen LogP contribution >= 0.6 is 0 Å². The van der Waals surface area contributed by atoms with Crippen LogP contribution in [0.5, 0.6) is 0 Å². The van der Waals surface area contributed by atoms with Crippen molar-refractivity contribution in [1.29, 1.82) is 0 Å². The van der Waals surface area contributed by atoms with Crippen LogP contribution in [0.25, 0.3) is 10.9 Å². The highest BCUT2D eigenvalue weighted by molar-refractivity contribution is 7.92. The fourth-order valence-corrected chi connectivity index (χ4v) is 5.39. The van der Waals surface area contributed by atoms with Gasteiger partial charge < -0.3 is 9.47 Å². The molecule has 2 heterocycles. The quantitative estimate of drug-likeness (QED) is 0.873. The zero-order valence-electron chi connectivity index (χ0n) is 13.5. The first-order valence-electron chi connectivity index (χ1n) is 7.93. The molecule has 0 bridgehead atoms. The van der Waals surface area contributed by atoms with Crippen LogP contribution in [0.15, 0.2) is 35.4 Å².